The molecule has 4 aromatic carbocycles. The van der Waals surface area contributed by atoms with E-state index < -0.39 is 0 Å². The molecule has 0 aliphatic heterocycles. The van der Waals surface area contributed by atoms with Crippen molar-refractivity contribution in [2.75, 3.05) is 0 Å². The maximum atomic E-state index is 13.8. The quantitative estimate of drug-likeness (QED) is 0.462. The Kier molecular flexibility index (Phi) is 5.14. The first-order valence-corrected chi connectivity index (χ1v) is 9.36. The van der Waals surface area contributed by atoms with Crippen LogP contribution in [-0.2, 0) is 6.54 Å². The van der Waals surface area contributed by atoms with Crippen LogP contribution in [0, 0.1) is 0 Å². The van der Waals surface area contributed by atoms with Gasteiger partial charge in [-0.05, 0) is 27.8 Å². The van der Waals surface area contributed by atoms with Gasteiger partial charge in [-0.2, -0.15) is 0 Å². The zero-order chi connectivity index (χ0) is 19.3. The molecule has 4 rings (SSSR count). The number of rotatable bonds is 5. The van der Waals surface area contributed by atoms with Crippen LogP contribution in [0.1, 0.15) is 21.5 Å². The highest BCUT2D eigenvalue weighted by Crippen LogP contribution is 2.34. The van der Waals surface area contributed by atoms with Crippen molar-refractivity contribution in [2.24, 2.45) is 5.73 Å². The van der Waals surface area contributed by atoms with E-state index in [2.05, 4.69) is 0 Å². The molecule has 28 heavy (non-hydrogen) atoms. The topological polar surface area (TPSA) is 43.1 Å². The van der Waals surface area contributed by atoms with E-state index in [1.807, 2.05) is 103 Å². The predicted octanol–water partition coefficient (Wildman–Crippen LogP) is 5.71. The Morgan fingerprint density at radius 3 is 1.64 bits per heavy atom. The van der Waals surface area contributed by atoms with Gasteiger partial charge in [0.05, 0.1) is 0 Å². The van der Waals surface area contributed by atoms with E-state index in [4.69, 9.17) is 5.73 Å². The Hall–Kier alpha value is -3.49. The van der Waals surface area contributed by atoms with Crippen LogP contribution < -0.4 is 5.73 Å². The lowest BCUT2D eigenvalue weighted by Gasteiger charge is -2.16. The molecule has 0 aliphatic carbocycles. The van der Waals surface area contributed by atoms with E-state index in [1.54, 1.807) is 0 Å². The fourth-order valence-electron chi connectivity index (χ4n) is 3.57. The lowest BCUT2D eigenvalue weighted by atomic mass is 9.86. The molecule has 0 spiro atoms. The first-order valence-electron chi connectivity index (χ1n) is 9.36. The number of carbonyl (C=O) groups is 1. The molecule has 0 amide bonds. The van der Waals surface area contributed by atoms with Gasteiger partial charge in [0.15, 0.2) is 5.78 Å². The zero-order valence-corrected chi connectivity index (χ0v) is 15.5. The third kappa shape index (κ3) is 3.38. The Labute approximate surface area is 165 Å². The van der Waals surface area contributed by atoms with E-state index in [9.17, 15) is 4.79 Å². The smallest absolute Gasteiger partial charge is 0.194 e. The van der Waals surface area contributed by atoms with Gasteiger partial charge in [0.25, 0.3) is 0 Å². The normalized spacial score (nSPS) is 10.6. The third-order valence-electron chi connectivity index (χ3n) is 4.94. The summed E-state index contributed by atoms with van der Waals surface area (Å²) in [5, 5.41) is 0. The van der Waals surface area contributed by atoms with E-state index >= 15 is 0 Å². The van der Waals surface area contributed by atoms with Gasteiger partial charge < -0.3 is 5.73 Å². The molecule has 0 atom stereocenters. The van der Waals surface area contributed by atoms with E-state index in [0.717, 1.165) is 27.8 Å². The van der Waals surface area contributed by atoms with Crippen molar-refractivity contribution in [1.29, 1.82) is 0 Å². The first kappa shape index (κ1) is 17.9. The molecule has 0 saturated heterocycles. The highest BCUT2D eigenvalue weighted by molar-refractivity contribution is 6.17. The molecule has 0 unspecified atom stereocenters. The molecule has 0 aliphatic rings. The number of nitrogens with two attached hydrogens (primary N) is 1. The number of hydrogen-bond acceptors (Lipinski definition) is 2. The Bertz CT molecular complexity index is 1040. The second kappa shape index (κ2) is 8.03. The second-order valence-electron chi connectivity index (χ2n) is 6.65. The molecular weight excluding hydrogens is 342 g/mol. The van der Waals surface area contributed by atoms with Crippen molar-refractivity contribution in [1.82, 2.24) is 0 Å². The molecule has 2 nitrogen and oxygen atoms in total. The van der Waals surface area contributed by atoms with Crippen molar-refractivity contribution in [3.8, 4) is 22.3 Å². The minimum atomic E-state index is -0.000596. The van der Waals surface area contributed by atoms with Gasteiger partial charge in [-0.25, -0.2) is 0 Å². The van der Waals surface area contributed by atoms with Gasteiger partial charge in [0.2, 0.25) is 0 Å². The molecule has 0 fully saturated rings. The minimum Gasteiger partial charge on any atom is -0.326 e. The van der Waals surface area contributed by atoms with Gasteiger partial charge in [0, 0.05) is 17.7 Å². The fourth-order valence-corrected chi connectivity index (χ4v) is 3.57. The van der Waals surface area contributed by atoms with Crippen LogP contribution in [0.3, 0.4) is 0 Å². The molecule has 0 heterocycles. The fraction of sp³-hybridized carbons (Fsp3) is 0.0385. The third-order valence-corrected chi connectivity index (χ3v) is 4.94. The largest absolute Gasteiger partial charge is 0.326 e. The van der Waals surface area contributed by atoms with E-state index in [0.29, 0.717) is 17.7 Å². The number of carbonyl (C=O) groups excluding carboxylic acids is 1. The molecule has 136 valence electrons. The summed E-state index contributed by atoms with van der Waals surface area (Å²) < 4.78 is 0. The molecule has 4 aromatic rings. The first-order chi connectivity index (χ1) is 13.8. The average molecular weight is 363 g/mol. The van der Waals surface area contributed by atoms with Crippen LogP contribution in [0.5, 0.6) is 0 Å². The SMILES string of the molecule is NCc1ccccc1C(=O)c1c(-c2ccccc2)cccc1-c1ccccc1. The summed E-state index contributed by atoms with van der Waals surface area (Å²) >= 11 is 0. The van der Waals surface area contributed by atoms with Crippen LogP contribution >= 0.6 is 0 Å². The predicted molar refractivity (Wildman–Crippen MR) is 115 cm³/mol. The maximum absolute atomic E-state index is 13.8. The monoisotopic (exact) mass is 363 g/mol. The maximum Gasteiger partial charge on any atom is 0.194 e. The van der Waals surface area contributed by atoms with Crippen LogP contribution in [0.15, 0.2) is 103 Å². The van der Waals surface area contributed by atoms with Gasteiger partial charge in [0.1, 0.15) is 0 Å². The molecule has 2 heteroatoms. The van der Waals surface area contributed by atoms with Crippen molar-refractivity contribution in [3.63, 3.8) is 0 Å². The molecule has 0 aromatic heterocycles. The van der Waals surface area contributed by atoms with E-state index in [-0.39, 0.29) is 5.78 Å². The average Bonchev–Trinajstić information content (AvgIpc) is 2.79. The summed E-state index contributed by atoms with van der Waals surface area (Å²) in [6.45, 7) is 0.329. The van der Waals surface area contributed by atoms with Gasteiger partial charge in [-0.3, -0.25) is 4.79 Å². The standard InChI is InChI=1S/C26H21NO/c27-18-21-14-7-8-15-24(21)26(28)25-22(19-10-3-1-4-11-19)16-9-17-23(25)20-12-5-2-6-13-20/h1-17H,18,27H2. The molecule has 2 N–H and O–H groups in total. The summed E-state index contributed by atoms with van der Waals surface area (Å²) in [7, 11) is 0. The van der Waals surface area contributed by atoms with Crippen molar-refractivity contribution < 1.29 is 4.79 Å². The highest BCUT2D eigenvalue weighted by atomic mass is 16.1. The van der Waals surface area contributed by atoms with Gasteiger partial charge in [-0.1, -0.05) is 103 Å². The lowest BCUT2D eigenvalue weighted by molar-refractivity contribution is 0.103. The van der Waals surface area contributed by atoms with Crippen LogP contribution in [0.4, 0.5) is 0 Å². The summed E-state index contributed by atoms with van der Waals surface area (Å²) in [5.41, 5.74) is 12.0. The van der Waals surface area contributed by atoms with Crippen LogP contribution in [0.2, 0.25) is 0 Å². The van der Waals surface area contributed by atoms with Crippen molar-refractivity contribution in [3.05, 3.63) is 120 Å². The van der Waals surface area contributed by atoms with Crippen LogP contribution in [0.25, 0.3) is 22.3 Å². The molecule has 0 radical (unpaired) electrons. The van der Waals surface area contributed by atoms with Crippen molar-refractivity contribution in [2.45, 2.75) is 6.54 Å². The van der Waals surface area contributed by atoms with Crippen LogP contribution in [-0.4, -0.2) is 5.78 Å². The molecular formula is C26H21NO. The Morgan fingerprint density at radius 1 is 0.607 bits per heavy atom. The number of hydrogen-bond donors (Lipinski definition) is 1. The molecule has 0 saturated carbocycles. The summed E-state index contributed by atoms with van der Waals surface area (Å²) in [5.74, 6) is -0.000596. The summed E-state index contributed by atoms with van der Waals surface area (Å²) in [6.07, 6.45) is 0. The van der Waals surface area contributed by atoms with Crippen molar-refractivity contribution >= 4 is 5.78 Å². The minimum absolute atomic E-state index is 0.000596. The Morgan fingerprint density at radius 2 is 1.11 bits per heavy atom. The lowest BCUT2D eigenvalue weighted by Crippen LogP contribution is -2.11. The highest BCUT2D eigenvalue weighted by Gasteiger charge is 2.21. The summed E-state index contributed by atoms with van der Waals surface area (Å²) in [6, 6.07) is 33.7. The Balaban J connectivity index is 1.99. The summed E-state index contributed by atoms with van der Waals surface area (Å²) in [4.78, 5) is 13.8. The van der Waals surface area contributed by atoms with E-state index in [1.165, 1.54) is 0 Å². The molecule has 0 bridgehead atoms. The number of ketones is 1. The zero-order valence-electron chi connectivity index (χ0n) is 15.5. The second-order valence-corrected chi connectivity index (χ2v) is 6.65. The number of benzene rings is 4. The van der Waals surface area contributed by atoms with Gasteiger partial charge in [-0.15, -0.1) is 0 Å². The van der Waals surface area contributed by atoms with Gasteiger partial charge >= 0.3 is 0 Å².